The lowest BCUT2D eigenvalue weighted by Gasteiger charge is -2.32. The Morgan fingerprint density at radius 3 is 2.35 bits per heavy atom. The van der Waals surface area contributed by atoms with Crippen LogP contribution in [0.2, 0.25) is 0 Å². The molecule has 2 heterocycles. The van der Waals surface area contributed by atoms with Gasteiger partial charge in [0.25, 0.3) is 5.91 Å². The maximum absolute atomic E-state index is 13.5. The SMILES string of the molecule is CC1c2ccc(C(=O)N3CCC(c4ccccc4)C3)cc2N=C(CCCCC(=O)O)C1c1ccccc1. The number of aliphatic carboxylic acids is 1. The lowest BCUT2D eigenvalue weighted by atomic mass is 9.75. The van der Waals surface area contributed by atoms with Crippen molar-refractivity contribution in [1.29, 1.82) is 0 Å². The number of fused-ring (bicyclic) bond motifs is 1. The molecule has 0 bridgehead atoms. The molecule has 3 atom stereocenters. The fraction of sp³-hybridized carbons (Fsp3) is 0.344. The minimum absolute atomic E-state index is 0.0669. The predicted octanol–water partition coefficient (Wildman–Crippen LogP) is 6.93. The Labute approximate surface area is 218 Å². The number of likely N-dealkylation sites (tertiary alicyclic amines) is 1. The summed E-state index contributed by atoms with van der Waals surface area (Å²) < 4.78 is 0. The maximum atomic E-state index is 13.5. The van der Waals surface area contributed by atoms with Crippen molar-refractivity contribution in [3.05, 3.63) is 101 Å². The highest BCUT2D eigenvalue weighted by atomic mass is 16.4. The largest absolute Gasteiger partial charge is 0.481 e. The van der Waals surface area contributed by atoms with Crippen LogP contribution in [-0.4, -0.2) is 40.7 Å². The van der Waals surface area contributed by atoms with Gasteiger partial charge in [0.05, 0.1) is 5.69 Å². The molecular formula is C32H34N2O3. The second-order valence-electron chi connectivity index (χ2n) is 10.3. The van der Waals surface area contributed by atoms with E-state index in [4.69, 9.17) is 10.1 Å². The maximum Gasteiger partial charge on any atom is 0.303 e. The molecule has 0 spiro atoms. The number of hydrogen-bond donors (Lipinski definition) is 1. The quantitative estimate of drug-likeness (QED) is 0.345. The number of benzene rings is 3. The summed E-state index contributed by atoms with van der Waals surface area (Å²) in [5.74, 6) is 0.0404. The number of carbonyl (C=O) groups excluding carboxylic acids is 1. The zero-order valence-corrected chi connectivity index (χ0v) is 21.3. The van der Waals surface area contributed by atoms with E-state index in [0.29, 0.717) is 17.9 Å². The zero-order chi connectivity index (χ0) is 25.8. The van der Waals surface area contributed by atoms with Crippen LogP contribution in [0.15, 0.2) is 83.9 Å². The summed E-state index contributed by atoms with van der Waals surface area (Å²) in [6.45, 7) is 3.74. The van der Waals surface area contributed by atoms with Crippen molar-refractivity contribution in [2.45, 2.75) is 56.8 Å². The Morgan fingerprint density at radius 2 is 1.65 bits per heavy atom. The first-order valence-corrected chi connectivity index (χ1v) is 13.3. The molecule has 1 saturated heterocycles. The van der Waals surface area contributed by atoms with Gasteiger partial charge in [-0.1, -0.05) is 73.7 Å². The van der Waals surface area contributed by atoms with Gasteiger partial charge >= 0.3 is 5.97 Å². The molecule has 0 saturated carbocycles. The number of carboxylic acid groups (broad SMARTS) is 1. The molecule has 2 aliphatic rings. The standard InChI is InChI=1S/C32H34N2O3/c1-22-27-17-16-25(32(37)34-19-18-26(21-34)23-10-4-2-5-11-23)20-29(27)33-28(14-8-9-15-30(35)36)31(22)24-12-6-3-7-13-24/h2-7,10-13,16-17,20,22,26,31H,8-9,14-15,18-19,21H2,1H3,(H,35,36). The summed E-state index contributed by atoms with van der Waals surface area (Å²) in [5.41, 5.74) is 6.31. The first-order chi connectivity index (χ1) is 18.0. The molecule has 3 aromatic rings. The topological polar surface area (TPSA) is 70.0 Å². The van der Waals surface area contributed by atoms with E-state index in [-0.39, 0.29) is 24.2 Å². The average molecular weight is 495 g/mol. The summed E-state index contributed by atoms with van der Waals surface area (Å²) in [6, 6.07) is 26.9. The summed E-state index contributed by atoms with van der Waals surface area (Å²) in [4.78, 5) is 31.5. The Morgan fingerprint density at radius 1 is 0.946 bits per heavy atom. The third-order valence-corrected chi connectivity index (χ3v) is 7.87. The molecule has 5 heteroatoms. The third-order valence-electron chi connectivity index (χ3n) is 7.87. The molecule has 0 radical (unpaired) electrons. The lowest BCUT2D eigenvalue weighted by molar-refractivity contribution is -0.137. The number of nitrogens with zero attached hydrogens (tertiary/aromatic N) is 2. The second-order valence-corrected chi connectivity index (χ2v) is 10.3. The van der Waals surface area contributed by atoms with Crippen LogP contribution in [0.3, 0.4) is 0 Å². The molecule has 1 fully saturated rings. The van der Waals surface area contributed by atoms with Gasteiger partial charge < -0.3 is 10.0 Å². The predicted molar refractivity (Wildman–Crippen MR) is 147 cm³/mol. The molecule has 5 rings (SSSR count). The van der Waals surface area contributed by atoms with Crippen molar-refractivity contribution >= 4 is 23.3 Å². The first kappa shape index (κ1) is 24.9. The van der Waals surface area contributed by atoms with Gasteiger partial charge in [-0.2, -0.15) is 0 Å². The summed E-state index contributed by atoms with van der Waals surface area (Å²) in [7, 11) is 0. The Hall–Kier alpha value is -3.73. The minimum Gasteiger partial charge on any atom is -0.481 e. The number of carboxylic acids is 1. The van der Waals surface area contributed by atoms with Crippen LogP contribution in [0.25, 0.3) is 0 Å². The smallest absolute Gasteiger partial charge is 0.303 e. The third kappa shape index (κ3) is 5.51. The summed E-state index contributed by atoms with van der Waals surface area (Å²) in [5, 5.41) is 9.04. The lowest BCUT2D eigenvalue weighted by Crippen LogP contribution is -2.28. The van der Waals surface area contributed by atoms with Gasteiger partial charge in [0.1, 0.15) is 0 Å². The van der Waals surface area contributed by atoms with Crippen molar-refractivity contribution in [2.75, 3.05) is 13.1 Å². The number of carbonyl (C=O) groups is 2. The molecule has 5 nitrogen and oxygen atoms in total. The van der Waals surface area contributed by atoms with Crippen molar-refractivity contribution in [3.8, 4) is 0 Å². The summed E-state index contributed by atoms with van der Waals surface area (Å²) >= 11 is 0. The normalized spacial score (nSPS) is 20.8. The van der Waals surface area contributed by atoms with Crippen molar-refractivity contribution in [2.24, 2.45) is 4.99 Å². The fourth-order valence-electron chi connectivity index (χ4n) is 5.91. The molecule has 1 amide bonds. The van der Waals surface area contributed by atoms with Gasteiger partial charge in [-0.3, -0.25) is 14.6 Å². The number of hydrogen-bond acceptors (Lipinski definition) is 3. The number of aliphatic imine (C=N–C) groups is 1. The minimum atomic E-state index is -0.761. The zero-order valence-electron chi connectivity index (χ0n) is 21.3. The van der Waals surface area contributed by atoms with Crippen LogP contribution in [0, 0.1) is 0 Å². The molecule has 3 unspecified atom stereocenters. The van der Waals surface area contributed by atoms with Gasteiger partial charge in [-0.15, -0.1) is 0 Å². The van der Waals surface area contributed by atoms with Crippen molar-refractivity contribution in [3.63, 3.8) is 0 Å². The Bertz CT molecular complexity index is 1290. The van der Waals surface area contributed by atoms with E-state index in [2.05, 4.69) is 61.5 Å². The van der Waals surface area contributed by atoms with Gasteiger partial charge in [0.2, 0.25) is 0 Å². The van der Waals surface area contributed by atoms with E-state index in [1.54, 1.807) is 0 Å². The van der Waals surface area contributed by atoms with E-state index >= 15 is 0 Å². The molecule has 0 aliphatic carbocycles. The van der Waals surface area contributed by atoms with E-state index in [1.165, 1.54) is 11.1 Å². The van der Waals surface area contributed by atoms with Crippen LogP contribution >= 0.6 is 0 Å². The van der Waals surface area contributed by atoms with Gasteiger partial charge in [-0.25, -0.2) is 0 Å². The van der Waals surface area contributed by atoms with Crippen LogP contribution < -0.4 is 0 Å². The molecular weight excluding hydrogens is 460 g/mol. The van der Waals surface area contributed by atoms with Gasteiger partial charge in [0.15, 0.2) is 0 Å². The second kappa shape index (κ2) is 11.1. The summed E-state index contributed by atoms with van der Waals surface area (Å²) in [6.07, 6.45) is 3.32. The van der Waals surface area contributed by atoms with E-state index < -0.39 is 5.97 Å². The number of rotatable bonds is 8. The highest BCUT2D eigenvalue weighted by Crippen LogP contribution is 2.44. The molecule has 1 N–H and O–H groups in total. The molecule has 37 heavy (non-hydrogen) atoms. The van der Waals surface area contributed by atoms with Crippen molar-refractivity contribution < 1.29 is 14.7 Å². The number of amides is 1. The van der Waals surface area contributed by atoms with Crippen molar-refractivity contribution in [1.82, 2.24) is 4.90 Å². The van der Waals surface area contributed by atoms with Gasteiger partial charge in [0, 0.05) is 42.6 Å². The average Bonchev–Trinajstić information content (AvgIpc) is 3.42. The molecule has 2 aliphatic heterocycles. The molecule has 3 aromatic carbocycles. The number of unbranched alkanes of at least 4 members (excludes halogenated alkanes) is 1. The van der Waals surface area contributed by atoms with Crippen LogP contribution in [0.5, 0.6) is 0 Å². The highest BCUT2D eigenvalue weighted by Gasteiger charge is 2.33. The highest BCUT2D eigenvalue weighted by molar-refractivity contribution is 5.99. The Kier molecular flexibility index (Phi) is 7.50. The Balaban J connectivity index is 1.39. The monoisotopic (exact) mass is 494 g/mol. The van der Waals surface area contributed by atoms with E-state index in [1.807, 2.05) is 29.2 Å². The van der Waals surface area contributed by atoms with Crippen LogP contribution in [0.1, 0.15) is 83.8 Å². The molecule has 0 aromatic heterocycles. The fourth-order valence-corrected chi connectivity index (χ4v) is 5.91. The van der Waals surface area contributed by atoms with Gasteiger partial charge in [-0.05, 0) is 60.4 Å². The van der Waals surface area contributed by atoms with E-state index in [9.17, 15) is 9.59 Å². The van der Waals surface area contributed by atoms with E-state index in [0.717, 1.165) is 49.3 Å². The van der Waals surface area contributed by atoms with Crippen LogP contribution in [0.4, 0.5) is 5.69 Å². The van der Waals surface area contributed by atoms with Crippen LogP contribution in [-0.2, 0) is 4.79 Å². The first-order valence-electron chi connectivity index (χ1n) is 13.3. The molecule has 190 valence electrons.